The van der Waals surface area contributed by atoms with E-state index < -0.39 is 17.7 Å². The number of hydrogen-bond donors (Lipinski definition) is 2. The van der Waals surface area contributed by atoms with Gasteiger partial charge < -0.3 is 14.9 Å². The molecule has 0 bridgehead atoms. The topological polar surface area (TPSA) is 70.1 Å². The Morgan fingerprint density at radius 1 is 1.40 bits per heavy atom. The zero-order chi connectivity index (χ0) is 11.3. The molecule has 0 aromatic carbocycles. The maximum atomic E-state index is 10.1. The minimum Gasteiger partial charge on any atom is -0.478 e. The lowest BCUT2D eigenvalue weighted by Gasteiger charge is -2.08. The first-order valence-corrected chi connectivity index (χ1v) is 4.61. The lowest BCUT2D eigenvalue weighted by molar-refractivity contribution is -0.131. The Labute approximate surface area is 88.2 Å². The van der Waals surface area contributed by atoms with Gasteiger partial charge in [0.15, 0.2) is 0 Å². The Morgan fingerprint density at radius 3 is 2.53 bits per heavy atom. The Kier molecular flexibility index (Phi) is 3.82. The molecule has 15 heavy (non-hydrogen) atoms. The quantitative estimate of drug-likeness (QED) is 0.401. The molecule has 1 rings (SSSR count). The summed E-state index contributed by atoms with van der Waals surface area (Å²) in [5.41, 5.74) is -0.429. The fourth-order valence-electron chi connectivity index (χ4n) is 0.924. The van der Waals surface area contributed by atoms with Crippen LogP contribution in [0.15, 0.2) is 36.5 Å². The molecule has 0 aromatic heterocycles. The van der Waals surface area contributed by atoms with Gasteiger partial charge in [0.2, 0.25) is 0 Å². The second-order valence-electron chi connectivity index (χ2n) is 3.51. The summed E-state index contributed by atoms with van der Waals surface area (Å²) >= 11 is 0. The normalized spacial score (nSPS) is 27.9. The van der Waals surface area contributed by atoms with E-state index in [1.807, 2.05) is 6.92 Å². The molecule has 82 valence electrons. The van der Waals surface area contributed by atoms with E-state index in [1.165, 1.54) is 6.08 Å². The van der Waals surface area contributed by atoms with Crippen LogP contribution in [0.25, 0.3) is 0 Å². The molecule has 0 aliphatic carbocycles. The highest BCUT2D eigenvalue weighted by molar-refractivity contribution is 5.80. The number of ether oxygens (including phenoxy) is 1. The number of carboxylic acids is 1. The zero-order valence-corrected chi connectivity index (χ0v) is 8.46. The monoisotopic (exact) mass is 210 g/mol. The van der Waals surface area contributed by atoms with Crippen molar-refractivity contribution >= 4 is 5.97 Å². The van der Waals surface area contributed by atoms with Crippen LogP contribution in [-0.4, -0.2) is 34.5 Å². The van der Waals surface area contributed by atoms with Crippen LogP contribution in [0.1, 0.15) is 6.92 Å². The Morgan fingerprint density at radius 2 is 2.00 bits per heavy atom. The van der Waals surface area contributed by atoms with Gasteiger partial charge in [-0.15, -0.1) is 0 Å². The highest BCUT2D eigenvalue weighted by Crippen LogP contribution is 2.30. The van der Waals surface area contributed by atoms with Crippen molar-refractivity contribution in [2.45, 2.75) is 18.6 Å². The molecule has 2 atom stereocenters. The van der Waals surface area contributed by atoms with Crippen molar-refractivity contribution in [2.24, 2.45) is 0 Å². The minimum absolute atomic E-state index is 0.429. The molecule has 1 heterocycles. The smallest absolute Gasteiger partial charge is 0.328 e. The van der Waals surface area contributed by atoms with Crippen LogP contribution >= 0.6 is 0 Å². The Bertz CT molecular complexity index is 311. The first-order valence-electron chi connectivity index (χ1n) is 4.61. The SMILES string of the molecule is C[C@@]1([C@H](O)\C=C/C=C/C=C/C(=O)O)CO1. The average molecular weight is 210 g/mol. The summed E-state index contributed by atoms with van der Waals surface area (Å²) in [7, 11) is 0. The van der Waals surface area contributed by atoms with E-state index in [-0.39, 0.29) is 0 Å². The molecular weight excluding hydrogens is 196 g/mol. The van der Waals surface area contributed by atoms with E-state index in [0.717, 1.165) is 6.08 Å². The summed E-state index contributed by atoms with van der Waals surface area (Å²) in [6, 6.07) is 0. The molecule has 0 aromatic rings. The number of allylic oxidation sites excluding steroid dienone is 4. The van der Waals surface area contributed by atoms with Crippen molar-refractivity contribution in [2.75, 3.05) is 6.61 Å². The third kappa shape index (κ3) is 4.10. The van der Waals surface area contributed by atoms with Gasteiger partial charge in [-0.05, 0) is 6.92 Å². The number of epoxide rings is 1. The van der Waals surface area contributed by atoms with Crippen LogP contribution in [-0.2, 0) is 9.53 Å². The van der Waals surface area contributed by atoms with E-state index >= 15 is 0 Å². The third-order valence-electron chi connectivity index (χ3n) is 2.09. The van der Waals surface area contributed by atoms with Crippen molar-refractivity contribution in [1.29, 1.82) is 0 Å². The van der Waals surface area contributed by atoms with Gasteiger partial charge in [-0.2, -0.15) is 0 Å². The van der Waals surface area contributed by atoms with E-state index in [4.69, 9.17) is 9.84 Å². The van der Waals surface area contributed by atoms with Crippen LogP contribution in [0.5, 0.6) is 0 Å². The highest BCUT2D eigenvalue weighted by atomic mass is 16.6. The second-order valence-corrected chi connectivity index (χ2v) is 3.51. The van der Waals surface area contributed by atoms with Crippen molar-refractivity contribution in [3.63, 3.8) is 0 Å². The van der Waals surface area contributed by atoms with Gasteiger partial charge in [0.25, 0.3) is 0 Å². The lowest BCUT2D eigenvalue weighted by Crippen LogP contribution is -2.23. The largest absolute Gasteiger partial charge is 0.478 e. The number of aliphatic carboxylic acids is 1. The summed E-state index contributed by atoms with van der Waals surface area (Å²) < 4.78 is 5.05. The summed E-state index contributed by atoms with van der Waals surface area (Å²) in [5.74, 6) is -0.984. The number of hydrogen-bond acceptors (Lipinski definition) is 3. The summed E-state index contributed by atoms with van der Waals surface area (Å²) in [5, 5.41) is 17.8. The summed E-state index contributed by atoms with van der Waals surface area (Å²) in [6.07, 6.45) is 8.31. The van der Waals surface area contributed by atoms with Gasteiger partial charge >= 0.3 is 5.97 Å². The molecule has 4 nitrogen and oxygen atoms in total. The van der Waals surface area contributed by atoms with Crippen LogP contribution < -0.4 is 0 Å². The second kappa shape index (κ2) is 4.91. The molecule has 4 heteroatoms. The van der Waals surface area contributed by atoms with E-state index in [9.17, 15) is 9.90 Å². The lowest BCUT2D eigenvalue weighted by atomic mass is 10.1. The number of aliphatic hydroxyl groups excluding tert-OH is 1. The molecule has 0 radical (unpaired) electrons. The fourth-order valence-corrected chi connectivity index (χ4v) is 0.924. The highest BCUT2D eigenvalue weighted by Gasteiger charge is 2.45. The molecule has 1 aliphatic heterocycles. The minimum atomic E-state index is -0.984. The predicted molar refractivity (Wildman–Crippen MR) is 55.4 cm³/mol. The van der Waals surface area contributed by atoms with Crippen molar-refractivity contribution in [3.05, 3.63) is 36.5 Å². The van der Waals surface area contributed by atoms with E-state index in [0.29, 0.717) is 6.61 Å². The first kappa shape index (κ1) is 11.7. The third-order valence-corrected chi connectivity index (χ3v) is 2.09. The molecule has 0 saturated carbocycles. The van der Waals surface area contributed by atoms with Gasteiger partial charge in [-0.25, -0.2) is 4.79 Å². The molecule has 2 N–H and O–H groups in total. The van der Waals surface area contributed by atoms with Gasteiger partial charge in [-0.3, -0.25) is 0 Å². The molecule has 1 fully saturated rings. The van der Waals surface area contributed by atoms with E-state index in [2.05, 4.69) is 0 Å². The molecule has 0 amide bonds. The van der Waals surface area contributed by atoms with Crippen LogP contribution in [0.2, 0.25) is 0 Å². The summed E-state index contributed by atoms with van der Waals surface area (Å²) in [6.45, 7) is 2.40. The van der Waals surface area contributed by atoms with Gasteiger partial charge in [-0.1, -0.05) is 30.4 Å². The average Bonchev–Trinajstić information content (AvgIpc) is 2.90. The van der Waals surface area contributed by atoms with Gasteiger partial charge in [0.05, 0.1) is 6.61 Å². The number of aliphatic hydroxyl groups is 1. The number of carbonyl (C=O) groups is 1. The fraction of sp³-hybridized carbons (Fsp3) is 0.364. The molecule has 1 aliphatic rings. The van der Waals surface area contributed by atoms with Crippen molar-refractivity contribution in [1.82, 2.24) is 0 Å². The maximum absolute atomic E-state index is 10.1. The van der Waals surface area contributed by atoms with Crippen molar-refractivity contribution in [3.8, 4) is 0 Å². The van der Waals surface area contributed by atoms with Crippen LogP contribution in [0, 0.1) is 0 Å². The molecule has 0 spiro atoms. The molecule has 1 saturated heterocycles. The van der Waals surface area contributed by atoms with E-state index in [1.54, 1.807) is 24.3 Å². The number of carboxylic acid groups (broad SMARTS) is 1. The summed E-state index contributed by atoms with van der Waals surface area (Å²) in [4.78, 5) is 10.1. The number of rotatable bonds is 5. The zero-order valence-electron chi connectivity index (χ0n) is 8.46. The Balaban J connectivity index is 2.29. The van der Waals surface area contributed by atoms with Gasteiger partial charge in [0.1, 0.15) is 11.7 Å². The standard InChI is InChI=1S/C11H14O4/c1-11(8-15-11)9(12)6-4-2-3-5-7-10(13)14/h2-7,9,12H,8H2,1H3,(H,13,14)/b3-2+,6-4-,7-5+/t9-,11+/m1/s1. The first-order chi connectivity index (χ1) is 7.04. The van der Waals surface area contributed by atoms with Crippen molar-refractivity contribution < 1.29 is 19.7 Å². The molecule has 0 unspecified atom stereocenters. The van der Waals surface area contributed by atoms with Gasteiger partial charge in [0, 0.05) is 6.08 Å². The van der Waals surface area contributed by atoms with Crippen LogP contribution in [0.4, 0.5) is 0 Å². The maximum Gasteiger partial charge on any atom is 0.328 e. The van der Waals surface area contributed by atoms with Crippen LogP contribution in [0.3, 0.4) is 0 Å². The Hall–Kier alpha value is -1.39. The predicted octanol–water partition coefficient (Wildman–Crippen LogP) is 0.889. The molecular formula is C11H14O4.